The summed E-state index contributed by atoms with van der Waals surface area (Å²) in [5.41, 5.74) is -0.534. The highest BCUT2D eigenvalue weighted by atomic mass is 16.4. The second-order valence-electron chi connectivity index (χ2n) is 4.13. The third-order valence-corrected chi connectivity index (χ3v) is 2.29. The zero-order valence-corrected chi connectivity index (χ0v) is 8.69. The Morgan fingerprint density at radius 1 is 1.27 bits per heavy atom. The number of carboxylic acid groups (broad SMARTS) is 1. The van der Waals surface area contributed by atoms with Crippen molar-refractivity contribution in [2.24, 2.45) is 0 Å². The van der Waals surface area contributed by atoms with Gasteiger partial charge >= 0.3 is 5.97 Å². The van der Waals surface area contributed by atoms with Gasteiger partial charge in [0, 0.05) is 11.0 Å². The molecule has 1 aromatic carbocycles. The minimum Gasteiger partial charge on any atom is -0.508 e. The zero-order chi connectivity index (χ0) is 11.6. The third kappa shape index (κ3) is 2.40. The number of benzene rings is 1. The Hall–Kier alpha value is -1.71. The topological polar surface area (TPSA) is 77.8 Å². The van der Waals surface area contributed by atoms with Crippen molar-refractivity contribution in [1.29, 1.82) is 0 Å². The molecule has 0 amide bonds. The number of hydrogen-bond donors (Lipinski definition) is 3. The summed E-state index contributed by atoms with van der Waals surface area (Å²) in [6, 6.07) is 4.36. The maximum atomic E-state index is 10.6. The number of aliphatic carboxylic acids is 1. The fourth-order valence-electron chi connectivity index (χ4n) is 1.69. The van der Waals surface area contributed by atoms with Crippen LogP contribution in [0.5, 0.6) is 11.5 Å². The van der Waals surface area contributed by atoms with Gasteiger partial charge in [-0.05, 0) is 12.1 Å². The molecule has 0 heterocycles. The second-order valence-corrected chi connectivity index (χ2v) is 4.13. The predicted octanol–water partition coefficient (Wildman–Crippen LogP) is 1.85. The molecule has 0 aliphatic rings. The van der Waals surface area contributed by atoms with Crippen LogP contribution in [0.3, 0.4) is 0 Å². The Kier molecular flexibility index (Phi) is 2.88. The lowest BCUT2D eigenvalue weighted by Gasteiger charge is -2.24. The van der Waals surface area contributed by atoms with E-state index in [4.69, 9.17) is 5.11 Å². The molecule has 0 aromatic heterocycles. The number of phenols is 2. The van der Waals surface area contributed by atoms with Crippen LogP contribution in [-0.2, 0) is 10.2 Å². The van der Waals surface area contributed by atoms with Gasteiger partial charge in [-0.3, -0.25) is 4.79 Å². The van der Waals surface area contributed by atoms with Gasteiger partial charge in [-0.15, -0.1) is 0 Å². The van der Waals surface area contributed by atoms with Crippen molar-refractivity contribution in [3.05, 3.63) is 23.8 Å². The van der Waals surface area contributed by atoms with Crippen LogP contribution in [0.15, 0.2) is 18.2 Å². The minimum atomic E-state index is -0.970. The van der Waals surface area contributed by atoms with Crippen LogP contribution in [0, 0.1) is 0 Å². The summed E-state index contributed by atoms with van der Waals surface area (Å²) in [6.45, 7) is 3.33. The molecular weight excluding hydrogens is 196 g/mol. The van der Waals surface area contributed by atoms with Crippen molar-refractivity contribution in [3.63, 3.8) is 0 Å². The molecule has 0 aliphatic heterocycles. The van der Waals surface area contributed by atoms with E-state index in [2.05, 4.69) is 0 Å². The van der Waals surface area contributed by atoms with Crippen LogP contribution in [0.2, 0.25) is 0 Å². The average Bonchev–Trinajstić information content (AvgIpc) is 1.99. The van der Waals surface area contributed by atoms with E-state index in [1.165, 1.54) is 18.2 Å². The highest BCUT2D eigenvalue weighted by Crippen LogP contribution is 2.39. The summed E-state index contributed by atoms with van der Waals surface area (Å²) in [7, 11) is 0. The maximum absolute atomic E-state index is 10.6. The first kappa shape index (κ1) is 11.4. The molecule has 0 atom stereocenters. The molecule has 1 rings (SSSR count). The number of phenolic OH excluding ortho intramolecular Hbond substituents is 2. The number of carbonyl (C=O) groups is 1. The molecule has 0 aliphatic carbocycles. The monoisotopic (exact) mass is 210 g/mol. The first-order chi connectivity index (χ1) is 6.84. The number of rotatable bonds is 3. The Bertz CT molecular complexity index is 362. The van der Waals surface area contributed by atoms with E-state index in [1.807, 2.05) is 0 Å². The molecule has 1 aromatic rings. The van der Waals surface area contributed by atoms with Crippen molar-refractivity contribution >= 4 is 5.97 Å². The molecule has 4 heteroatoms. The minimum absolute atomic E-state index is 0.0822. The molecule has 0 bridgehead atoms. The van der Waals surface area contributed by atoms with Crippen LogP contribution in [0.1, 0.15) is 25.8 Å². The fraction of sp³-hybridized carbons (Fsp3) is 0.364. The molecule has 0 unspecified atom stereocenters. The highest BCUT2D eigenvalue weighted by Gasteiger charge is 2.29. The fourth-order valence-corrected chi connectivity index (χ4v) is 1.69. The van der Waals surface area contributed by atoms with Crippen molar-refractivity contribution in [3.8, 4) is 11.5 Å². The van der Waals surface area contributed by atoms with Crippen molar-refractivity contribution in [2.75, 3.05) is 0 Å². The van der Waals surface area contributed by atoms with Crippen LogP contribution in [0.25, 0.3) is 0 Å². The molecule has 3 N–H and O–H groups in total. The highest BCUT2D eigenvalue weighted by molar-refractivity contribution is 5.69. The first-order valence-electron chi connectivity index (χ1n) is 4.58. The summed E-state index contributed by atoms with van der Waals surface area (Å²) in [5.74, 6) is -1.13. The van der Waals surface area contributed by atoms with Crippen molar-refractivity contribution in [2.45, 2.75) is 25.7 Å². The molecule has 82 valence electrons. The smallest absolute Gasteiger partial charge is 0.304 e. The number of hydrogen-bond acceptors (Lipinski definition) is 3. The van der Waals surface area contributed by atoms with Gasteiger partial charge in [0.05, 0.1) is 6.42 Å². The molecule has 0 saturated carbocycles. The van der Waals surface area contributed by atoms with Crippen molar-refractivity contribution in [1.82, 2.24) is 0 Å². The van der Waals surface area contributed by atoms with Gasteiger partial charge < -0.3 is 15.3 Å². The lowest BCUT2D eigenvalue weighted by molar-refractivity contribution is -0.138. The molecule has 0 fully saturated rings. The lowest BCUT2D eigenvalue weighted by Crippen LogP contribution is -2.21. The molecule has 4 nitrogen and oxygen atoms in total. The van der Waals surface area contributed by atoms with E-state index in [0.717, 1.165) is 0 Å². The first-order valence-corrected chi connectivity index (χ1v) is 4.58. The van der Waals surface area contributed by atoms with Gasteiger partial charge in [0.15, 0.2) is 0 Å². The summed E-state index contributed by atoms with van der Waals surface area (Å²) in [5, 5.41) is 27.9. The largest absolute Gasteiger partial charge is 0.508 e. The average molecular weight is 210 g/mol. The van der Waals surface area contributed by atoms with E-state index in [-0.39, 0.29) is 23.5 Å². The quantitative estimate of drug-likeness (QED) is 0.711. The van der Waals surface area contributed by atoms with Gasteiger partial charge in [0.2, 0.25) is 0 Å². The van der Waals surface area contributed by atoms with Gasteiger partial charge in [-0.25, -0.2) is 0 Å². The standard InChI is InChI=1S/C11H14O4/c1-11(2,6-9(14)15)10-7(12)4-3-5-8(10)13/h3-5,12-13H,6H2,1-2H3,(H,14,15). The Balaban J connectivity index is 3.19. The summed E-state index contributed by atoms with van der Waals surface area (Å²) in [4.78, 5) is 10.6. The predicted molar refractivity (Wildman–Crippen MR) is 55.1 cm³/mol. The SMILES string of the molecule is CC(C)(CC(=O)O)c1c(O)cccc1O. The number of aromatic hydroxyl groups is 2. The lowest BCUT2D eigenvalue weighted by atomic mass is 9.80. The maximum Gasteiger partial charge on any atom is 0.304 e. The van der Waals surface area contributed by atoms with E-state index in [1.54, 1.807) is 13.8 Å². The van der Waals surface area contributed by atoms with E-state index < -0.39 is 11.4 Å². The third-order valence-electron chi connectivity index (χ3n) is 2.29. The van der Waals surface area contributed by atoms with Crippen LogP contribution < -0.4 is 0 Å². The Morgan fingerprint density at radius 2 is 1.73 bits per heavy atom. The van der Waals surface area contributed by atoms with Gasteiger partial charge in [0.25, 0.3) is 0 Å². The summed E-state index contributed by atoms with van der Waals surface area (Å²) < 4.78 is 0. The van der Waals surface area contributed by atoms with Gasteiger partial charge in [-0.1, -0.05) is 19.9 Å². The molecule has 0 radical (unpaired) electrons. The van der Waals surface area contributed by atoms with Crippen LogP contribution in [-0.4, -0.2) is 21.3 Å². The molecule has 15 heavy (non-hydrogen) atoms. The summed E-state index contributed by atoms with van der Waals surface area (Å²) >= 11 is 0. The Morgan fingerprint density at radius 3 is 2.13 bits per heavy atom. The normalized spacial score (nSPS) is 11.3. The van der Waals surface area contributed by atoms with Crippen molar-refractivity contribution < 1.29 is 20.1 Å². The Labute approximate surface area is 87.8 Å². The molecule has 0 saturated heterocycles. The molecule has 0 spiro atoms. The number of carboxylic acids is 1. The van der Waals surface area contributed by atoms with Crippen LogP contribution in [0.4, 0.5) is 0 Å². The van der Waals surface area contributed by atoms with Crippen LogP contribution >= 0.6 is 0 Å². The van der Waals surface area contributed by atoms with E-state index in [9.17, 15) is 15.0 Å². The van der Waals surface area contributed by atoms with E-state index in [0.29, 0.717) is 0 Å². The van der Waals surface area contributed by atoms with Gasteiger partial charge in [0.1, 0.15) is 11.5 Å². The molecular formula is C11H14O4. The second kappa shape index (κ2) is 3.81. The summed E-state index contributed by atoms with van der Waals surface area (Å²) in [6.07, 6.45) is -0.155. The zero-order valence-electron chi connectivity index (χ0n) is 8.69. The van der Waals surface area contributed by atoms with Gasteiger partial charge in [-0.2, -0.15) is 0 Å². The van der Waals surface area contributed by atoms with E-state index >= 15 is 0 Å².